The van der Waals surface area contributed by atoms with Gasteiger partial charge >= 0.3 is 0 Å². The molecule has 0 saturated heterocycles. The van der Waals surface area contributed by atoms with Crippen molar-refractivity contribution in [1.29, 1.82) is 0 Å². The highest BCUT2D eigenvalue weighted by Crippen LogP contribution is 2.31. The van der Waals surface area contributed by atoms with E-state index in [1.54, 1.807) is 26.7 Å². The van der Waals surface area contributed by atoms with Gasteiger partial charge in [0.05, 0.1) is 19.9 Å². The minimum Gasteiger partial charge on any atom is -0.497 e. The highest BCUT2D eigenvalue weighted by atomic mass is 16.5. The molecule has 120 valence electrons. The van der Waals surface area contributed by atoms with Crippen molar-refractivity contribution in [3.05, 3.63) is 42.7 Å². The number of imidazole rings is 1. The molecule has 0 aliphatic carbocycles. The van der Waals surface area contributed by atoms with Gasteiger partial charge < -0.3 is 13.9 Å². The van der Waals surface area contributed by atoms with Crippen LogP contribution in [0.4, 0.5) is 0 Å². The van der Waals surface area contributed by atoms with Crippen LogP contribution in [-0.4, -0.2) is 28.8 Å². The summed E-state index contributed by atoms with van der Waals surface area (Å²) >= 11 is 0. The van der Waals surface area contributed by atoms with E-state index in [0.717, 1.165) is 17.2 Å². The molecule has 0 atom stereocenters. The zero-order valence-corrected chi connectivity index (χ0v) is 13.6. The number of benzene rings is 1. The first kappa shape index (κ1) is 15.1. The maximum atomic E-state index is 5.52. The lowest BCUT2D eigenvalue weighted by Crippen LogP contribution is -2.00. The molecule has 0 unspecified atom stereocenters. The van der Waals surface area contributed by atoms with E-state index in [1.807, 2.05) is 42.8 Å². The highest BCUT2D eigenvalue weighted by Gasteiger charge is 2.17. The van der Waals surface area contributed by atoms with Crippen LogP contribution in [0.3, 0.4) is 0 Å². The number of nitrogens with zero attached hydrogens (tertiary/aromatic N) is 3. The summed E-state index contributed by atoms with van der Waals surface area (Å²) in [6, 6.07) is 5.61. The second-order valence-electron chi connectivity index (χ2n) is 5.38. The van der Waals surface area contributed by atoms with Crippen molar-refractivity contribution in [3.63, 3.8) is 0 Å². The molecule has 0 spiro atoms. The van der Waals surface area contributed by atoms with Crippen molar-refractivity contribution < 1.29 is 13.9 Å². The van der Waals surface area contributed by atoms with E-state index >= 15 is 0 Å². The van der Waals surface area contributed by atoms with Crippen LogP contribution in [0.5, 0.6) is 11.5 Å². The molecule has 2 heterocycles. The van der Waals surface area contributed by atoms with Gasteiger partial charge in [-0.05, 0) is 12.1 Å². The summed E-state index contributed by atoms with van der Waals surface area (Å²) in [4.78, 5) is 8.92. The van der Waals surface area contributed by atoms with Crippen LogP contribution in [-0.2, 0) is 0 Å². The lowest BCUT2D eigenvalue weighted by molar-refractivity contribution is 0.401. The normalized spacial score (nSPS) is 11.0. The van der Waals surface area contributed by atoms with Crippen LogP contribution in [0.15, 0.2) is 41.3 Å². The number of rotatable bonds is 5. The molecular formula is C17H19N3O3. The maximum Gasteiger partial charge on any atom is 0.197 e. The standard InChI is InChI=1S/C17H19N3O3/c1-11(2)17-19-13(10-23-17)16-18-7-8-20(16)14-9-12(21-3)5-6-15(14)22-4/h5-11H,1-4H3. The summed E-state index contributed by atoms with van der Waals surface area (Å²) < 4.78 is 18.2. The summed E-state index contributed by atoms with van der Waals surface area (Å²) in [6.45, 7) is 4.07. The van der Waals surface area contributed by atoms with E-state index in [4.69, 9.17) is 13.9 Å². The first-order valence-corrected chi connectivity index (χ1v) is 7.35. The molecule has 3 rings (SSSR count). The van der Waals surface area contributed by atoms with Gasteiger partial charge in [-0.1, -0.05) is 13.8 Å². The van der Waals surface area contributed by atoms with Crippen LogP contribution in [0.2, 0.25) is 0 Å². The molecule has 1 aromatic carbocycles. The number of aromatic nitrogens is 3. The number of oxazole rings is 1. The van der Waals surface area contributed by atoms with Crippen LogP contribution in [0.25, 0.3) is 17.2 Å². The van der Waals surface area contributed by atoms with E-state index < -0.39 is 0 Å². The fraction of sp³-hybridized carbons (Fsp3) is 0.294. The SMILES string of the molecule is COc1ccc(OC)c(-n2ccnc2-c2coc(C(C)C)n2)c1. The Bertz CT molecular complexity index is 805. The number of hydrogen-bond donors (Lipinski definition) is 0. The monoisotopic (exact) mass is 313 g/mol. The van der Waals surface area contributed by atoms with E-state index in [0.29, 0.717) is 17.4 Å². The van der Waals surface area contributed by atoms with Crippen LogP contribution < -0.4 is 9.47 Å². The number of methoxy groups -OCH3 is 2. The van der Waals surface area contributed by atoms with Crippen LogP contribution in [0.1, 0.15) is 25.7 Å². The smallest absolute Gasteiger partial charge is 0.197 e. The fourth-order valence-electron chi connectivity index (χ4n) is 2.33. The Labute approximate surface area is 134 Å². The van der Waals surface area contributed by atoms with Crippen molar-refractivity contribution in [1.82, 2.24) is 14.5 Å². The van der Waals surface area contributed by atoms with Gasteiger partial charge in [0, 0.05) is 24.4 Å². The predicted octanol–water partition coefficient (Wildman–Crippen LogP) is 3.67. The van der Waals surface area contributed by atoms with Gasteiger partial charge in [0.25, 0.3) is 0 Å². The van der Waals surface area contributed by atoms with E-state index in [1.165, 1.54) is 0 Å². The maximum absolute atomic E-state index is 5.52. The third-order valence-corrected chi connectivity index (χ3v) is 3.53. The molecule has 3 aromatic rings. The van der Waals surface area contributed by atoms with Crippen molar-refractivity contribution in [2.24, 2.45) is 0 Å². The zero-order chi connectivity index (χ0) is 16.4. The molecule has 23 heavy (non-hydrogen) atoms. The molecule has 0 saturated carbocycles. The molecule has 0 fully saturated rings. The second kappa shape index (κ2) is 6.16. The summed E-state index contributed by atoms with van der Waals surface area (Å²) in [5.41, 5.74) is 1.51. The summed E-state index contributed by atoms with van der Waals surface area (Å²) in [7, 11) is 3.27. The lowest BCUT2D eigenvalue weighted by Gasteiger charge is -2.12. The summed E-state index contributed by atoms with van der Waals surface area (Å²) in [5.74, 6) is 3.05. The Morgan fingerprint density at radius 3 is 2.65 bits per heavy atom. The average Bonchev–Trinajstić information content (AvgIpc) is 3.22. The third kappa shape index (κ3) is 2.79. The summed E-state index contributed by atoms with van der Waals surface area (Å²) in [6.07, 6.45) is 5.20. The molecule has 6 nitrogen and oxygen atoms in total. The van der Waals surface area contributed by atoms with Gasteiger partial charge in [-0.15, -0.1) is 0 Å². The topological polar surface area (TPSA) is 62.3 Å². The molecule has 0 radical (unpaired) electrons. The van der Waals surface area contributed by atoms with E-state index in [-0.39, 0.29) is 5.92 Å². The van der Waals surface area contributed by atoms with E-state index in [9.17, 15) is 0 Å². The molecule has 6 heteroatoms. The molecule has 0 amide bonds. The van der Waals surface area contributed by atoms with Crippen molar-refractivity contribution in [2.75, 3.05) is 14.2 Å². The fourth-order valence-corrected chi connectivity index (χ4v) is 2.33. The zero-order valence-electron chi connectivity index (χ0n) is 13.6. The molecule has 0 aliphatic heterocycles. The van der Waals surface area contributed by atoms with Gasteiger partial charge in [-0.2, -0.15) is 0 Å². The molecular weight excluding hydrogens is 294 g/mol. The average molecular weight is 313 g/mol. The quantitative estimate of drug-likeness (QED) is 0.719. The van der Waals surface area contributed by atoms with Gasteiger partial charge in [-0.3, -0.25) is 4.57 Å². The van der Waals surface area contributed by atoms with Crippen molar-refractivity contribution >= 4 is 0 Å². The molecule has 0 aliphatic rings. The van der Waals surface area contributed by atoms with Gasteiger partial charge in [0.1, 0.15) is 23.5 Å². The largest absolute Gasteiger partial charge is 0.497 e. The van der Waals surface area contributed by atoms with Gasteiger partial charge in [-0.25, -0.2) is 9.97 Å². The van der Waals surface area contributed by atoms with E-state index in [2.05, 4.69) is 9.97 Å². The minimum atomic E-state index is 0.221. The Kier molecular flexibility index (Phi) is 4.06. The van der Waals surface area contributed by atoms with Gasteiger partial charge in [0.15, 0.2) is 11.7 Å². The Balaban J connectivity index is 2.10. The minimum absolute atomic E-state index is 0.221. The first-order chi connectivity index (χ1) is 11.1. The number of hydrogen-bond acceptors (Lipinski definition) is 5. The molecule has 2 aromatic heterocycles. The second-order valence-corrected chi connectivity index (χ2v) is 5.38. The lowest BCUT2D eigenvalue weighted by atomic mass is 10.2. The summed E-state index contributed by atoms with van der Waals surface area (Å²) in [5, 5.41) is 0. The van der Waals surface area contributed by atoms with Gasteiger partial charge in [0.2, 0.25) is 0 Å². The highest BCUT2D eigenvalue weighted by molar-refractivity contribution is 5.59. The Morgan fingerprint density at radius 1 is 1.17 bits per heavy atom. The van der Waals surface area contributed by atoms with Crippen molar-refractivity contribution in [3.8, 4) is 28.7 Å². The number of ether oxygens (including phenoxy) is 2. The Hall–Kier alpha value is -2.76. The third-order valence-electron chi connectivity index (χ3n) is 3.53. The molecule has 0 bridgehead atoms. The first-order valence-electron chi connectivity index (χ1n) is 7.35. The van der Waals surface area contributed by atoms with Crippen LogP contribution in [0, 0.1) is 0 Å². The van der Waals surface area contributed by atoms with Crippen LogP contribution >= 0.6 is 0 Å². The van der Waals surface area contributed by atoms with Crippen molar-refractivity contribution in [2.45, 2.75) is 19.8 Å². The Morgan fingerprint density at radius 2 is 2.00 bits per heavy atom. The molecule has 0 N–H and O–H groups in total. The predicted molar refractivity (Wildman–Crippen MR) is 86.3 cm³/mol.